The Labute approximate surface area is 87.1 Å². The number of fused-ring (bicyclic) bond motifs is 1. The van der Waals surface area contributed by atoms with Crippen molar-refractivity contribution in [2.75, 3.05) is 11.4 Å². The summed E-state index contributed by atoms with van der Waals surface area (Å²) in [6, 6.07) is 7.13. The van der Waals surface area contributed by atoms with E-state index in [0.717, 1.165) is 11.3 Å². The highest BCUT2D eigenvalue weighted by Gasteiger charge is 2.34. The van der Waals surface area contributed by atoms with Gasteiger partial charge in [-0.1, -0.05) is 18.2 Å². The minimum absolute atomic E-state index is 0.119. The number of hydrogen-bond donors (Lipinski definition) is 1. The van der Waals surface area contributed by atoms with Crippen LogP contribution in [0.1, 0.15) is 18.4 Å². The number of carbonyl (C=O) groups is 2. The molecule has 1 atom stereocenters. The SMILES string of the molecule is CC(=O)N1CC(C(=O)O)c2ccccc21. The van der Waals surface area contributed by atoms with Gasteiger partial charge in [-0.25, -0.2) is 0 Å². The van der Waals surface area contributed by atoms with Crippen molar-refractivity contribution >= 4 is 17.6 Å². The number of aliphatic carboxylic acids is 1. The molecule has 0 aromatic heterocycles. The molecule has 0 saturated heterocycles. The monoisotopic (exact) mass is 205 g/mol. The van der Waals surface area contributed by atoms with Gasteiger partial charge in [-0.2, -0.15) is 0 Å². The van der Waals surface area contributed by atoms with Crippen LogP contribution >= 0.6 is 0 Å². The summed E-state index contributed by atoms with van der Waals surface area (Å²) in [6.45, 7) is 1.69. The molecule has 1 N–H and O–H groups in total. The summed E-state index contributed by atoms with van der Waals surface area (Å²) < 4.78 is 0. The molecule has 15 heavy (non-hydrogen) atoms. The molecular formula is C11H11NO3. The van der Waals surface area contributed by atoms with Crippen LogP contribution in [0.25, 0.3) is 0 Å². The van der Waals surface area contributed by atoms with Crippen molar-refractivity contribution < 1.29 is 14.7 Å². The standard InChI is InChI=1S/C11H11NO3/c1-7(13)12-6-9(11(14)15)8-4-2-3-5-10(8)12/h2-5,9H,6H2,1H3,(H,14,15). The van der Waals surface area contributed by atoms with Crippen molar-refractivity contribution in [2.45, 2.75) is 12.8 Å². The molecule has 4 heteroatoms. The second-order valence-electron chi connectivity index (χ2n) is 3.58. The molecule has 0 fully saturated rings. The third-order valence-corrected chi connectivity index (χ3v) is 2.65. The number of para-hydroxylation sites is 1. The molecule has 1 aromatic rings. The largest absolute Gasteiger partial charge is 0.481 e. The van der Waals surface area contributed by atoms with E-state index < -0.39 is 11.9 Å². The predicted octanol–water partition coefficient (Wildman–Crippen LogP) is 1.22. The topological polar surface area (TPSA) is 57.6 Å². The quantitative estimate of drug-likeness (QED) is 0.750. The maximum Gasteiger partial charge on any atom is 0.312 e. The Morgan fingerprint density at radius 3 is 2.67 bits per heavy atom. The van der Waals surface area contributed by atoms with Gasteiger partial charge in [0.25, 0.3) is 0 Å². The number of carbonyl (C=O) groups excluding carboxylic acids is 1. The molecule has 0 saturated carbocycles. The van der Waals surface area contributed by atoms with Crippen LogP contribution < -0.4 is 4.90 Å². The van der Waals surface area contributed by atoms with Gasteiger partial charge in [-0.05, 0) is 11.6 Å². The number of benzene rings is 1. The summed E-state index contributed by atoms with van der Waals surface area (Å²) in [7, 11) is 0. The normalized spacial score (nSPS) is 18.7. The first-order valence-electron chi connectivity index (χ1n) is 4.71. The molecule has 78 valence electrons. The van der Waals surface area contributed by atoms with E-state index in [9.17, 15) is 9.59 Å². The van der Waals surface area contributed by atoms with Crippen LogP contribution in [0, 0.1) is 0 Å². The van der Waals surface area contributed by atoms with Gasteiger partial charge in [0.2, 0.25) is 5.91 Å². The highest BCUT2D eigenvalue weighted by molar-refractivity contribution is 5.97. The average Bonchev–Trinajstić information content (AvgIpc) is 2.56. The molecule has 4 nitrogen and oxygen atoms in total. The van der Waals surface area contributed by atoms with Crippen molar-refractivity contribution in [2.24, 2.45) is 0 Å². The fourth-order valence-electron chi connectivity index (χ4n) is 1.92. The molecule has 1 aromatic carbocycles. The molecule has 1 aliphatic rings. The molecule has 1 unspecified atom stereocenters. The summed E-state index contributed by atoms with van der Waals surface area (Å²) in [6.07, 6.45) is 0. The van der Waals surface area contributed by atoms with Crippen molar-refractivity contribution in [3.8, 4) is 0 Å². The number of carboxylic acid groups (broad SMARTS) is 1. The Bertz CT molecular complexity index is 389. The second-order valence-corrected chi connectivity index (χ2v) is 3.58. The lowest BCUT2D eigenvalue weighted by molar-refractivity contribution is -0.138. The Morgan fingerprint density at radius 1 is 1.40 bits per heavy atom. The third kappa shape index (κ3) is 1.48. The zero-order valence-corrected chi connectivity index (χ0v) is 8.30. The Hall–Kier alpha value is -1.84. The van der Waals surface area contributed by atoms with Crippen LogP contribution in [0.3, 0.4) is 0 Å². The van der Waals surface area contributed by atoms with Crippen LogP contribution in [-0.2, 0) is 9.59 Å². The number of hydrogen-bond acceptors (Lipinski definition) is 2. The molecule has 1 heterocycles. The zero-order chi connectivity index (χ0) is 11.0. The highest BCUT2D eigenvalue weighted by atomic mass is 16.4. The summed E-state index contributed by atoms with van der Waals surface area (Å²) in [5.41, 5.74) is 1.44. The van der Waals surface area contributed by atoms with E-state index in [1.54, 1.807) is 24.3 Å². The summed E-state index contributed by atoms with van der Waals surface area (Å²) in [4.78, 5) is 23.8. The first-order valence-corrected chi connectivity index (χ1v) is 4.71. The maximum absolute atomic E-state index is 11.3. The van der Waals surface area contributed by atoms with Crippen molar-refractivity contribution in [3.63, 3.8) is 0 Å². The third-order valence-electron chi connectivity index (χ3n) is 2.65. The van der Waals surface area contributed by atoms with Gasteiger partial charge in [0, 0.05) is 19.2 Å². The fourth-order valence-corrected chi connectivity index (χ4v) is 1.92. The van der Waals surface area contributed by atoms with Gasteiger partial charge in [-0.3, -0.25) is 9.59 Å². The maximum atomic E-state index is 11.3. The molecule has 2 rings (SSSR count). The molecule has 1 aliphatic heterocycles. The van der Waals surface area contributed by atoms with E-state index in [1.165, 1.54) is 11.8 Å². The van der Waals surface area contributed by atoms with E-state index in [4.69, 9.17) is 5.11 Å². The minimum atomic E-state index is -0.883. The zero-order valence-electron chi connectivity index (χ0n) is 8.30. The molecule has 0 aliphatic carbocycles. The van der Waals surface area contributed by atoms with Gasteiger partial charge in [0.05, 0.1) is 0 Å². The van der Waals surface area contributed by atoms with E-state index in [1.807, 2.05) is 0 Å². The number of rotatable bonds is 1. The first kappa shape index (κ1) is 9.71. The molecule has 1 amide bonds. The van der Waals surface area contributed by atoms with Gasteiger partial charge in [0.15, 0.2) is 0 Å². The van der Waals surface area contributed by atoms with Crippen LogP contribution in [0.5, 0.6) is 0 Å². The Morgan fingerprint density at radius 2 is 2.07 bits per heavy atom. The Balaban J connectivity index is 2.48. The van der Waals surface area contributed by atoms with Crippen LogP contribution in [0.2, 0.25) is 0 Å². The second kappa shape index (κ2) is 3.38. The minimum Gasteiger partial charge on any atom is -0.481 e. The van der Waals surface area contributed by atoms with Gasteiger partial charge < -0.3 is 10.0 Å². The summed E-state index contributed by atoms with van der Waals surface area (Å²) in [5.74, 6) is -1.59. The van der Waals surface area contributed by atoms with Crippen LogP contribution in [0.4, 0.5) is 5.69 Å². The molecule has 0 spiro atoms. The number of carboxylic acids is 1. The number of anilines is 1. The van der Waals surface area contributed by atoms with Crippen molar-refractivity contribution in [1.82, 2.24) is 0 Å². The van der Waals surface area contributed by atoms with Crippen LogP contribution in [-0.4, -0.2) is 23.5 Å². The number of amides is 1. The van der Waals surface area contributed by atoms with E-state index >= 15 is 0 Å². The molecule has 0 radical (unpaired) electrons. The predicted molar refractivity (Wildman–Crippen MR) is 54.8 cm³/mol. The Kier molecular flexibility index (Phi) is 2.19. The van der Waals surface area contributed by atoms with Crippen molar-refractivity contribution in [3.05, 3.63) is 29.8 Å². The van der Waals surface area contributed by atoms with Gasteiger partial charge in [0.1, 0.15) is 5.92 Å². The molecule has 0 bridgehead atoms. The lowest BCUT2D eigenvalue weighted by Crippen LogP contribution is -2.28. The van der Waals surface area contributed by atoms with Gasteiger partial charge in [-0.15, -0.1) is 0 Å². The lowest BCUT2D eigenvalue weighted by atomic mass is 10.0. The van der Waals surface area contributed by atoms with E-state index in [2.05, 4.69) is 0 Å². The highest BCUT2D eigenvalue weighted by Crippen LogP contribution is 2.35. The lowest BCUT2D eigenvalue weighted by Gasteiger charge is -2.14. The van der Waals surface area contributed by atoms with E-state index in [0.29, 0.717) is 0 Å². The smallest absolute Gasteiger partial charge is 0.312 e. The first-order chi connectivity index (χ1) is 7.11. The summed E-state index contributed by atoms with van der Waals surface area (Å²) >= 11 is 0. The van der Waals surface area contributed by atoms with Crippen LogP contribution in [0.15, 0.2) is 24.3 Å². The van der Waals surface area contributed by atoms with Crippen molar-refractivity contribution in [1.29, 1.82) is 0 Å². The number of nitrogens with zero attached hydrogens (tertiary/aromatic N) is 1. The van der Waals surface area contributed by atoms with Gasteiger partial charge >= 0.3 is 5.97 Å². The molecular weight excluding hydrogens is 194 g/mol. The summed E-state index contributed by atoms with van der Waals surface area (Å²) in [5, 5.41) is 9.02. The average molecular weight is 205 g/mol. The fraction of sp³-hybridized carbons (Fsp3) is 0.273. The van der Waals surface area contributed by atoms with E-state index in [-0.39, 0.29) is 12.5 Å².